The second-order valence-electron chi connectivity index (χ2n) is 7.15. The molecule has 2 heterocycles. The third-order valence-corrected chi connectivity index (χ3v) is 5.43. The smallest absolute Gasteiger partial charge is 0.292 e. The highest BCUT2D eigenvalue weighted by Gasteiger charge is 2.25. The third kappa shape index (κ3) is 4.22. The van der Waals surface area contributed by atoms with Crippen LogP contribution >= 0.6 is 0 Å². The number of anilines is 2. The van der Waals surface area contributed by atoms with Crippen molar-refractivity contribution in [3.05, 3.63) is 28.3 Å². The normalized spacial score (nSPS) is 20.1. The van der Waals surface area contributed by atoms with Crippen LogP contribution in [-0.4, -0.2) is 67.3 Å². The largest absolute Gasteiger partial charge is 0.395 e. The van der Waals surface area contributed by atoms with Crippen LogP contribution in [0, 0.1) is 16.0 Å². The van der Waals surface area contributed by atoms with E-state index in [1.807, 2.05) is 12.1 Å². The van der Waals surface area contributed by atoms with Crippen molar-refractivity contribution in [3.8, 4) is 0 Å². The van der Waals surface area contributed by atoms with Crippen LogP contribution in [0.1, 0.15) is 19.8 Å². The van der Waals surface area contributed by atoms with E-state index in [4.69, 9.17) is 5.11 Å². The molecule has 0 aliphatic carbocycles. The first-order valence-corrected chi connectivity index (χ1v) is 9.20. The summed E-state index contributed by atoms with van der Waals surface area (Å²) in [6, 6.07) is 5.52. The summed E-state index contributed by atoms with van der Waals surface area (Å²) in [4.78, 5) is 17.9. The van der Waals surface area contributed by atoms with Gasteiger partial charge in [-0.05, 0) is 30.9 Å². The van der Waals surface area contributed by atoms with Gasteiger partial charge in [-0.3, -0.25) is 15.0 Å². The summed E-state index contributed by atoms with van der Waals surface area (Å²) in [7, 11) is 0. The van der Waals surface area contributed by atoms with Gasteiger partial charge in [0.25, 0.3) is 5.69 Å². The van der Waals surface area contributed by atoms with Crippen molar-refractivity contribution >= 4 is 17.1 Å². The Kier molecular flexibility index (Phi) is 5.75. The van der Waals surface area contributed by atoms with Crippen LogP contribution in [0.15, 0.2) is 18.2 Å². The van der Waals surface area contributed by atoms with Gasteiger partial charge in [0, 0.05) is 57.6 Å². The van der Waals surface area contributed by atoms with Gasteiger partial charge < -0.3 is 14.9 Å². The molecule has 7 nitrogen and oxygen atoms in total. The number of aliphatic hydroxyl groups excluding tert-OH is 1. The van der Waals surface area contributed by atoms with Crippen LogP contribution in [0.4, 0.5) is 17.1 Å². The minimum absolute atomic E-state index is 0.190. The molecule has 7 heteroatoms. The summed E-state index contributed by atoms with van der Waals surface area (Å²) < 4.78 is 0. The Balaban J connectivity index is 1.77. The molecule has 1 N–H and O–H groups in total. The fourth-order valence-corrected chi connectivity index (χ4v) is 3.74. The van der Waals surface area contributed by atoms with Gasteiger partial charge in [0.2, 0.25) is 0 Å². The van der Waals surface area contributed by atoms with E-state index in [0.717, 1.165) is 63.5 Å². The Hall–Kier alpha value is -1.86. The highest BCUT2D eigenvalue weighted by molar-refractivity contribution is 5.70. The lowest BCUT2D eigenvalue weighted by atomic mass is 9.98. The predicted molar refractivity (Wildman–Crippen MR) is 99.4 cm³/mol. The Morgan fingerprint density at radius 1 is 1.12 bits per heavy atom. The Morgan fingerprint density at radius 3 is 2.40 bits per heavy atom. The molecular formula is C18H28N4O3. The van der Waals surface area contributed by atoms with Gasteiger partial charge in [-0.15, -0.1) is 0 Å². The van der Waals surface area contributed by atoms with Crippen molar-refractivity contribution < 1.29 is 10.0 Å². The van der Waals surface area contributed by atoms with Crippen LogP contribution in [0.25, 0.3) is 0 Å². The number of hydrogen-bond acceptors (Lipinski definition) is 6. The summed E-state index contributed by atoms with van der Waals surface area (Å²) in [5.74, 6) is 0.693. The Bertz CT molecular complexity index is 594. The number of nitro benzene ring substituents is 1. The van der Waals surface area contributed by atoms with Gasteiger partial charge in [-0.1, -0.05) is 6.92 Å². The Morgan fingerprint density at radius 2 is 1.80 bits per heavy atom. The predicted octanol–water partition coefficient (Wildman–Crippen LogP) is 1.95. The zero-order chi connectivity index (χ0) is 17.8. The minimum atomic E-state index is -0.268. The quantitative estimate of drug-likeness (QED) is 0.648. The number of benzene rings is 1. The van der Waals surface area contributed by atoms with Crippen molar-refractivity contribution in [2.45, 2.75) is 19.8 Å². The van der Waals surface area contributed by atoms with Gasteiger partial charge in [0.1, 0.15) is 5.69 Å². The Labute approximate surface area is 149 Å². The van der Waals surface area contributed by atoms with E-state index >= 15 is 0 Å². The maximum Gasteiger partial charge on any atom is 0.292 e. The fourth-order valence-electron chi connectivity index (χ4n) is 3.74. The van der Waals surface area contributed by atoms with Crippen LogP contribution < -0.4 is 9.80 Å². The summed E-state index contributed by atoms with van der Waals surface area (Å²) >= 11 is 0. The number of nitrogens with zero attached hydrogens (tertiary/aromatic N) is 4. The van der Waals surface area contributed by atoms with Crippen LogP contribution in [0.5, 0.6) is 0 Å². The van der Waals surface area contributed by atoms with E-state index in [1.54, 1.807) is 6.07 Å². The number of piperidine rings is 1. The second kappa shape index (κ2) is 8.01. The number of nitro groups is 1. The van der Waals surface area contributed by atoms with Gasteiger partial charge >= 0.3 is 0 Å². The molecule has 0 aromatic heterocycles. The topological polar surface area (TPSA) is 73.1 Å². The molecule has 2 aliphatic heterocycles. The number of rotatable bonds is 5. The molecule has 0 atom stereocenters. The molecule has 0 unspecified atom stereocenters. The molecule has 1 aromatic carbocycles. The van der Waals surface area contributed by atoms with Crippen molar-refractivity contribution in [3.63, 3.8) is 0 Å². The summed E-state index contributed by atoms with van der Waals surface area (Å²) in [6.07, 6.45) is 2.17. The summed E-state index contributed by atoms with van der Waals surface area (Å²) in [5, 5.41) is 20.5. The van der Waals surface area contributed by atoms with Gasteiger partial charge in [-0.2, -0.15) is 0 Å². The third-order valence-electron chi connectivity index (χ3n) is 5.43. The first-order valence-electron chi connectivity index (χ1n) is 9.20. The van der Waals surface area contributed by atoms with E-state index in [9.17, 15) is 10.1 Å². The molecule has 2 saturated heterocycles. The zero-order valence-electron chi connectivity index (χ0n) is 14.9. The molecule has 138 valence electrons. The minimum Gasteiger partial charge on any atom is -0.395 e. The van der Waals surface area contributed by atoms with Crippen molar-refractivity contribution in [1.82, 2.24) is 4.90 Å². The van der Waals surface area contributed by atoms with Crippen molar-refractivity contribution in [1.29, 1.82) is 0 Å². The lowest BCUT2D eigenvalue weighted by Crippen LogP contribution is -2.47. The fraction of sp³-hybridized carbons (Fsp3) is 0.667. The molecule has 0 saturated carbocycles. The van der Waals surface area contributed by atoms with E-state index in [-0.39, 0.29) is 17.2 Å². The molecule has 0 bridgehead atoms. The van der Waals surface area contributed by atoms with Crippen LogP contribution in [0.2, 0.25) is 0 Å². The van der Waals surface area contributed by atoms with E-state index < -0.39 is 0 Å². The molecule has 0 amide bonds. The van der Waals surface area contributed by atoms with Crippen LogP contribution in [-0.2, 0) is 0 Å². The molecule has 0 radical (unpaired) electrons. The van der Waals surface area contributed by atoms with E-state index in [0.29, 0.717) is 12.5 Å². The molecular weight excluding hydrogens is 320 g/mol. The number of β-amino-alcohol motifs (C(OH)–C–C–N with tert-alkyl or cyclic N) is 1. The molecule has 0 spiro atoms. The number of aliphatic hydroxyl groups is 1. The standard InChI is InChI=1S/C18H28N4O3/c1-15-4-6-21(7-5-15)18-14-16(2-3-17(18)22(24)25)20-10-8-19(9-11-20)12-13-23/h2-3,14-15,23H,4-13H2,1H3. The lowest BCUT2D eigenvalue weighted by molar-refractivity contribution is -0.384. The van der Waals surface area contributed by atoms with Gasteiger partial charge in [-0.25, -0.2) is 0 Å². The molecule has 1 aromatic rings. The monoisotopic (exact) mass is 348 g/mol. The summed E-state index contributed by atoms with van der Waals surface area (Å²) in [6.45, 7) is 8.50. The zero-order valence-corrected chi connectivity index (χ0v) is 14.9. The average Bonchev–Trinajstić information content (AvgIpc) is 2.63. The molecule has 25 heavy (non-hydrogen) atoms. The SMILES string of the molecule is CC1CCN(c2cc(N3CCN(CCO)CC3)ccc2[N+](=O)[O-])CC1. The maximum atomic E-state index is 11.5. The lowest BCUT2D eigenvalue weighted by Gasteiger charge is -2.37. The average molecular weight is 348 g/mol. The molecule has 2 fully saturated rings. The van der Waals surface area contributed by atoms with Crippen LogP contribution in [0.3, 0.4) is 0 Å². The first-order chi connectivity index (χ1) is 12.1. The second-order valence-corrected chi connectivity index (χ2v) is 7.15. The van der Waals surface area contributed by atoms with Crippen molar-refractivity contribution in [2.24, 2.45) is 5.92 Å². The van der Waals surface area contributed by atoms with Gasteiger partial charge in [0.15, 0.2) is 0 Å². The van der Waals surface area contributed by atoms with E-state index in [2.05, 4.69) is 21.6 Å². The highest BCUT2D eigenvalue weighted by atomic mass is 16.6. The maximum absolute atomic E-state index is 11.5. The highest BCUT2D eigenvalue weighted by Crippen LogP contribution is 2.35. The summed E-state index contributed by atoms with van der Waals surface area (Å²) in [5.41, 5.74) is 2.02. The molecule has 3 rings (SSSR count). The number of hydrogen-bond donors (Lipinski definition) is 1. The van der Waals surface area contributed by atoms with Gasteiger partial charge in [0.05, 0.1) is 11.5 Å². The van der Waals surface area contributed by atoms with Crippen molar-refractivity contribution in [2.75, 3.05) is 62.2 Å². The molecule has 2 aliphatic rings. The number of piperazine rings is 1. The van der Waals surface area contributed by atoms with E-state index in [1.165, 1.54) is 0 Å². The first kappa shape index (κ1) is 17.9.